The minimum atomic E-state index is -0.295. The SMILES string of the molecule is Cc1ccccc1Cn1cc(CNC(=O)/C=C/c2ccc(O)c(O)c2)nn1. The van der Waals surface area contributed by atoms with Crippen LogP contribution in [0.3, 0.4) is 0 Å². The molecule has 0 aliphatic carbocycles. The molecule has 27 heavy (non-hydrogen) atoms. The number of rotatable bonds is 6. The quantitative estimate of drug-likeness (QED) is 0.461. The zero-order chi connectivity index (χ0) is 19.2. The molecule has 0 saturated carbocycles. The van der Waals surface area contributed by atoms with Crippen molar-refractivity contribution >= 4 is 12.0 Å². The van der Waals surface area contributed by atoms with Crippen LogP contribution in [0.1, 0.15) is 22.4 Å². The van der Waals surface area contributed by atoms with Crippen LogP contribution in [0.25, 0.3) is 6.08 Å². The fourth-order valence-electron chi connectivity index (χ4n) is 2.51. The molecule has 1 heterocycles. The van der Waals surface area contributed by atoms with Crippen molar-refractivity contribution in [1.29, 1.82) is 0 Å². The van der Waals surface area contributed by atoms with Gasteiger partial charge in [-0.2, -0.15) is 0 Å². The van der Waals surface area contributed by atoms with Gasteiger partial charge < -0.3 is 15.5 Å². The molecule has 3 aromatic rings. The number of hydrogen-bond donors (Lipinski definition) is 3. The highest BCUT2D eigenvalue weighted by Crippen LogP contribution is 2.25. The number of carbonyl (C=O) groups excluding carboxylic acids is 1. The van der Waals surface area contributed by atoms with Gasteiger partial charge in [-0.1, -0.05) is 35.5 Å². The molecule has 0 fully saturated rings. The van der Waals surface area contributed by atoms with E-state index in [2.05, 4.69) is 15.6 Å². The van der Waals surface area contributed by atoms with Gasteiger partial charge in [0.2, 0.25) is 5.91 Å². The third-order valence-electron chi connectivity index (χ3n) is 4.05. The summed E-state index contributed by atoms with van der Waals surface area (Å²) in [7, 11) is 0. The van der Waals surface area contributed by atoms with E-state index in [1.807, 2.05) is 31.2 Å². The first-order valence-electron chi connectivity index (χ1n) is 8.42. The maximum atomic E-state index is 11.9. The summed E-state index contributed by atoms with van der Waals surface area (Å²) in [5.74, 6) is -0.732. The number of benzene rings is 2. The Bertz CT molecular complexity index is 979. The van der Waals surface area contributed by atoms with Gasteiger partial charge in [0.1, 0.15) is 5.69 Å². The normalized spacial score (nSPS) is 11.0. The Morgan fingerprint density at radius 3 is 2.78 bits per heavy atom. The summed E-state index contributed by atoms with van der Waals surface area (Å²) < 4.78 is 1.74. The number of aryl methyl sites for hydroxylation is 1. The maximum absolute atomic E-state index is 11.9. The van der Waals surface area contributed by atoms with Gasteiger partial charge in [-0.05, 0) is 41.8 Å². The van der Waals surface area contributed by atoms with Crippen molar-refractivity contribution in [2.75, 3.05) is 0 Å². The summed E-state index contributed by atoms with van der Waals surface area (Å²) in [4.78, 5) is 11.9. The van der Waals surface area contributed by atoms with Crippen LogP contribution in [-0.4, -0.2) is 31.1 Å². The lowest BCUT2D eigenvalue weighted by atomic mass is 10.1. The van der Waals surface area contributed by atoms with Gasteiger partial charge in [0.05, 0.1) is 19.3 Å². The predicted octanol–water partition coefficient (Wildman–Crippen LogP) is 2.38. The molecule has 0 saturated heterocycles. The van der Waals surface area contributed by atoms with Gasteiger partial charge in [0, 0.05) is 6.08 Å². The summed E-state index contributed by atoms with van der Waals surface area (Å²) in [5, 5.41) is 29.6. The Balaban J connectivity index is 1.53. The highest BCUT2D eigenvalue weighted by Gasteiger charge is 2.05. The molecule has 2 aromatic carbocycles. The first-order chi connectivity index (χ1) is 13.0. The van der Waals surface area contributed by atoms with Gasteiger partial charge in [-0.25, -0.2) is 4.68 Å². The minimum absolute atomic E-state index is 0.203. The van der Waals surface area contributed by atoms with Crippen LogP contribution >= 0.6 is 0 Å². The van der Waals surface area contributed by atoms with Crippen molar-refractivity contribution in [2.24, 2.45) is 0 Å². The molecule has 0 bridgehead atoms. The Kier molecular flexibility index (Phi) is 5.51. The number of nitrogens with one attached hydrogen (secondary N) is 1. The molecule has 3 N–H and O–H groups in total. The molecule has 138 valence electrons. The van der Waals surface area contributed by atoms with Gasteiger partial charge in [-0.15, -0.1) is 5.10 Å². The zero-order valence-electron chi connectivity index (χ0n) is 14.8. The lowest BCUT2D eigenvalue weighted by Gasteiger charge is -2.04. The van der Waals surface area contributed by atoms with Crippen LogP contribution in [0, 0.1) is 6.92 Å². The Morgan fingerprint density at radius 2 is 2.00 bits per heavy atom. The van der Waals surface area contributed by atoms with Crippen molar-refractivity contribution in [3.8, 4) is 11.5 Å². The fraction of sp³-hybridized carbons (Fsp3) is 0.150. The highest BCUT2D eigenvalue weighted by atomic mass is 16.3. The van der Waals surface area contributed by atoms with Crippen LogP contribution in [0.15, 0.2) is 54.7 Å². The fourth-order valence-corrected chi connectivity index (χ4v) is 2.51. The smallest absolute Gasteiger partial charge is 0.244 e. The van der Waals surface area contributed by atoms with Gasteiger partial charge >= 0.3 is 0 Å². The number of aromatic nitrogens is 3. The van der Waals surface area contributed by atoms with E-state index in [1.165, 1.54) is 23.8 Å². The first-order valence-corrected chi connectivity index (χ1v) is 8.42. The number of carbonyl (C=O) groups is 1. The first kappa shape index (κ1) is 18.2. The van der Waals surface area contributed by atoms with Crippen LogP contribution in [0.4, 0.5) is 0 Å². The summed E-state index contributed by atoms with van der Waals surface area (Å²) in [6.07, 6.45) is 4.70. The molecule has 0 atom stereocenters. The number of nitrogens with zero attached hydrogens (tertiary/aromatic N) is 3. The molecular formula is C20H20N4O3. The zero-order valence-corrected chi connectivity index (χ0v) is 14.8. The molecule has 3 rings (SSSR count). The molecule has 7 heteroatoms. The van der Waals surface area contributed by atoms with Crippen molar-refractivity contribution in [1.82, 2.24) is 20.3 Å². The number of phenolic OH excluding ortho intramolecular Hbond substituents is 2. The van der Waals surface area contributed by atoms with Crippen molar-refractivity contribution < 1.29 is 15.0 Å². The van der Waals surface area contributed by atoms with Gasteiger partial charge in [0.25, 0.3) is 0 Å². The lowest BCUT2D eigenvalue weighted by molar-refractivity contribution is -0.116. The summed E-state index contributed by atoms with van der Waals surface area (Å²) >= 11 is 0. The number of aromatic hydroxyl groups is 2. The van der Waals surface area contributed by atoms with Crippen LogP contribution in [0.2, 0.25) is 0 Å². The summed E-state index contributed by atoms with van der Waals surface area (Å²) in [5.41, 5.74) is 3.61. The predicted molar refractivity (Wildman–Crippen MR) is 101 cm³/mol. The van der Waals surface area contributed by atoms with Crippen LogP contribution in [-0.2, 0) is 17.9 Å². The van der Waals surface area contributed by atoms with Gasteiger partial charge in [-0.3, -0.25) is 4.79 Å². The lowest BCUT2D eigenvalue weighted by Crippen LogP contribution is -2.20. The second-order valence-electron chi connectivity index (χ2n) is 6.13. The van der Waals surface area contributed by atoms with Crippen molar-refractivity contribution in [3.05, 3.63) is 77.1 Å². The Morgan fingerprint density at radius 1 is 1.19 bits per heavy atom. The minimum Gasteiger partial charge on any atom is -0.504 e. The van der Waals surface area contributed by atoms with E-state index in [0.717, 1.165) is 5.56 Å². The molecule has 0 unspecified atom stereocenters. The van der Waals surface area contributed by atoms with E-state index >= 15 is 0 Å². The molecule has 1 aromatic heterocycles. The van der Waals surface area contributed by atoms with E-state index in [0.29, 0.717) is 17.8 Å². The highest BCUT2D eigenvalue weighted by molar-refractivity contribution is 5.91. The van der Waals surface area contributed by atoms with Crippen molar-refractivity contribution in [2.45, 2.75) is 20.0 Å². The Labute approximate surface area is 156 Å². The van der Waals surface area contributed by atoms with E-state index in [9.17, 15) is 15.0 Å². The summed E-state index contributed by atoms with van der Waals surface area (Å²) in [6, 6.07) is 12.4. The number of hydrogen-bond acceptors (Lipinski definition) is 5. The number of phenols is 2. The molecule has 0 aliphatic rings. The average Bonchev–Trinajstić information content (AvgIpc) is 3.10. The van der Waals surface area contributed by atoms with Crippen LogP contribution in [0.5, 0.6) is 11.5 Å². The second-order valence-corrected chi connectivity index (χ2v) is 6.13. The van der Waals surface area contributed by atoms with E-state index < -0.39 is 0 Å². The second kappa shape index (κ2) is 8.18. The maximum Gasteiger partial charge on any atom is 0.244 e. The Hall–Kier alpha value is -3.61. The van der Waals surface area contributed by atoms with E-state index in [4.69, 9.17) is 0 Å². The van der Waals surface area contributed by atoms with Gasteiger partial charge in [0.15, 0.2) is 11.5 Å². The van der Waals surface area contributed by atoms with E-state index in [-0.39, 0.29) is 24.0 Å². The molecule has 0 aliphatic heterocycles. The molecule has 0 spiro atoms. The van der Waals surface area contributed by atoms with E-state index in [1.54, 1.807) is 23.0 Å². The van der Waals surface area contributed by atoms with Crippen LogP contribution < -0.4 is 5.32 Å². The monoisotopic (exact) mass is 364 g/mol. The molecule has 1 amide bonds. The third kappa shape index (κ3) is 4.94. The largest absolute Gasteiger partial charge is 0.504 e. The average molecular weight is 364 g/mol. The topological polar surface area (TPSA) is 100 Å². The van der Waals surface area contributed by atoms with Crippen molar-refractivity contribution in [3.63, 3.8) is 0 Å². The number of amides is 1. The standard InChI is InChI=1S/C20H20N4O3/c1-14-4-2-3-5-16(14)12-24-13-17(22-23-24)11-21-20(27)9-7-15-6-8-18(25)19(26)10-15/h2-10,13,25-26H,11-12H2,1H3,(H,21,27)/b9-7+. The molecule has 0 radical (unpaired) electrons. The molecule has 7 nitrogen and oxygen atoms in total. The molecular weight excluding hydrogens is 344 g/mol. The summed E-state index contributed by atoms with van der Waals surface area (Å²) in [6.45, 7) is 2.93. The third-order valence-corrected chi connectivity index (χ3v) is 4.05.